The highest BCUT2D eigenvalue weighted by Gasteiger charge is 2.25. The lowest BCUT2D eigenvalue weighted by Gasteiger charge is -2.35. The Morgan fingerprint density at radius 1 is 1.16 bits per heavy atom. The summed E-state index contributed by atoms with van der Waals surface area (Å²) in [6.45, 7) is 6.80. The summed E-state index contributed by atoms with van der Waals surface area (Å²) in [6, 6.07) is 9.51. The minimum Gasteiger partial charge on any atom is -0.475 e. The maximum absolute atomic E-state index is 12.7. The number of piperazine rings is 1. The van der Waals surface area contributed by atoms with Crippen LogP contribution in [0.4, 0.5) is 5.69 Å². The number of benzene rings is 1. The van der Waals surface area contributed by atoms with Crippen LogP contribution in [0.15, 0.2) is 30.3 Å². The van der Waals surface area contributed by atoms with E-state index in [1.54, 1.807) is 17.8 Å². The molecule has 0 spiro atoms. The smallest absolute Gasteiger partial charge is 0.274 e. The number of carbonyl (C=O) groups excluding carboxylic acids is 1. The van der Waals surface area contributed by atoms with Crippen molar-refractivity contribution in [2.75, 3.05) is 31.1 Å². The Morgan fingerprint density at radius 2 is 1.80 bits per heavy atom. The summed E-state index contributed by atoms with van der Waals surface area (Å²) in [4.78, 5) is 16.8. The number of ether oxygens (including phenoxy) is 1. The fraction of sp³-hybridized carbons (Fsp3) is 0.444. The number of carbonyl (C=O) groups is 1. The summed E-state index contributed by atoms with van der Waals surface area (Å²) in [6.07, 6.45) is 0.0428. The van der Waals surface area contributed by atoms with Crippen molar-refractivity contribution < 1.29 is 9.53 Å². The Morgan fingerprint density at radius 3 is 2.40 bits per heavy atom. The molecule has 1 aromatic carbocycles. The van der Waals surface area contributed by atoms with Gasteiger partial charge in [-0.2, -0.15) is 5.10 Å². The van der Waals surface area contributed by atoms with Gasteiger partial charge >= 0.3 is 0 Å². The van der Waals surface area contributed by atoms with Crippen molar-refractivity contribution in [2.45, 2.75) is 20.0 Å². The average molecular weight is 363 g/mol. The lowest BCUT2D eigenvalue weighted by Crippen LogP contribution is -2.48. The summed E-state index contributed by atoms with van der Waals surface area (Å²) in [5.74, 6) is 0.558. The first-order chi connectivity index (χ1) is 11.9. The SMILES string of the molecule is CC(C)Oc1cc(C(=O)N2CCN(c3ccc(Cl)cc3)CC2)nn1C. The van der Waals surface area contributed by atoms with Crippen molar-refractivity contribution in [3.63, 3.8) is 0 Å². The van der Waals surface area contributed by atoms with Crippen LogP contribution in [0.5, 0.6) is 5.88 Å². The summed E-state index contributed by atoms with van der Waals surface area (Å²) in [5, 5.41) is 5.03. The molecule has 2 heterocycles. The third kappa shape index (κ3) is 4.07. The molecule has 6 nitrogen and oxygen atoms in total. The van der Waals surface area contributed by atoms with Gasteiger partial charge in [-0.15, -0.1) is 0 Å². The van der Waals surface area contributed by atoms with Gasteiger partial charge in [-0.05, 0) is 38.1 Å². The maximum Gasteiger partial charge on any atom is 0.274 e. The second kappa shape index (κ2) is 7.35. The van der Waals surface area contributed by atoms with Crippen molar-refractivity contribution in [3.8, 4) is 5.88 Å². The van der Waals surface area contributed by atoms with E-state index in [2.05, 4.69) is 10.00 Å². The van der Waals surface area contributed by atoms with Crippen LogP contribution < -0.4 is 9.64 Å². The Bertz CT molecular complexity index is 734. The molecule has 0 atom stereocenters. The zero-order valence-corrected chi connectivity index (χ0v) is 15.5. The maximum atomic E-state index is 12.7. The number of nitrogens with zero attached hydrogens (tertiary/aromatic N) is 4. The molecule has 0 N–H and O–H groups in total. The Labute approximate surface area is 152 Å². The van der Waals surface area contributed by atoms with Gasteiger partial charge in [0.25, 0.3) is 5.91 Å². The molecule has 1 aliphatic heterocycles. The zero-order chi connectivity index (χ0) is 18.0. The predicted molar refractivity (Wildman–Crippen MR) is 98.5 cm³/mol. The quantitative estimate of drug-likeness (QED) is 0.839. The van der Waals surface area contributed by atoms with Crippen LogP contribution in [-0.2, 0) is 7.05 Å². The first-order valence-corrected chi connectivity index (χ1v) is 8.82. The number of amides is 1. The predicted octanol–water partition coefficient (Wildman–Crippen LogP) is 2.82. The van der Waals surface area contributed by atoms with E-state index in [9.17, 15) is 4.79 Å². The van der Waals surface area contributed by atoms with Crippen LogP contribution in [0.1, 0.15) is 24.3 Å². The molecular weight excluding hydrogens is 340 g/mol. The first kappa shape index (κ1) is 17.6. The van der Waals surface area contributed by atoms with Crippen LogP contribution in [0.25, 0.3) is 0 Å². The molecule has 134 valence electrons. The number of hydrogen-bond donors (Lipinski definition) is 0. The Kier molecular flexibility index (Phi) is 5.18. The van der Waals surface area contributed by atoms with E-state index in [-0.39, 0.29) is 12.0 Å². The number of aromatic nitrogens is 2. The van der Waals surface area contributed by atoms with Crippen LogP contribution in [0.3, 0.4) is 0 Å². The number of halogens is 1. The van der Waals surface area contributed by atoms with Gasteiger partial charge in [0.1, 0.15) is 0 Å². The normalized spacial score (nSPS) is 14.9. The topological polar surface area (TPSA) is 50.6 Å². The lowest BCUT2D eigenvalue weighted by molar-refractivity contribution is 0.0740. The second-order valence-electron chi connectivity index (χ2n) is 6.41. The molecule has 1 fully saturated rings. The highest BCUT2D eigenvalue weighted by molar-refractivity contribution is 6.30. The monoisotopic (exact) mass is 362 g/mol. The minimum atomic E-state index is -0.0510. The number of anilines is 1. The van der Waals surface area contributed by atoms with E-state index in [0.29, 0.717) is 24.7 Å². The molecule has 3 rings (SSSR count). The fourth-order valence-corrected chi connectivity index (χ4v) is 3.01. The number of hydrogen-bond acceptors (Lipinski definition) is 4. The van der Waals surface area contributed by atoms with Gasteiger partial charge in [-0.25, -0.2) is 4.68 Å². The molecule has 2 aromatic rings. The number of rotatable bonds is 4. The molecule has 25 heavy (non-hydrogen) atoms. The summed E-state index contributed by atoms with van der Waals surface area (Å²) >= 11 is 5.94. The van der Waals surface area contributed by atoms with Crippen molar-refractivity contribution >= 4 is 23.2 Å². The highest BCUT2D eigenvalue weighted by atomic mass is 35.5. The molecule has 0 aliphatic carbocycles. The standard InChI is InChI=1S/C18H23ClN4O2/c1-13(2)25-17-12-16(20-21(17)3)18(24)23-10-8-22(9-11-23)15-6-4-14(19)5-7-15/h4-7,12-13H,8-11H2,1-3H3. The molecule has 1 amide bonds. The third-order valence-corrected chi connectivity index (χ3v) is 4.42. The van der Waals surface area contributed by atoms with E-state index in [0.717, 1.165) is 23.8 Å². The fourth-order valence-electron chi connectivity index (χ4n) is 2.89. The summed E-state index contributed by atoms with van der Waals surface area (Å²) < 4.78 is 7.27. The minimum absolute atomic E-state index is 0.0428. The van der Waals surface area contributed by atoms with Gasteiger partial charge in [0, 0.05) is 50.0 Å². The molecular formula is C18H23ClN4O2. The first-order valence-electron chi connectivity index (χ1n) is 8.44. The Hall–Kier alpha value is -2.21. The van der Waals surface area contributed by atoms with Gasteiger partial charge in [0.05, 0.1) is 6.10 Å². The second-order valence-corrected chi connectivity index (χ2v) is 6.85. The van der Waals surface area contributed by atoms with Crippen molar-refractivity contribution in [2.24, 2.45) is 7.05 Å². The van der Waals surface area contributed by atoms with Crippen molar-refractivity contribution in [1.29, 1.82) is 0 Å². The molecule has 7 heteroatoms. The average Bonchev–Trinajstić information content (AvgIpc) is 2.95. The molecule has 0 saturated carbocycles. The number of aryl methyl sites for hydroxylation is 1. The molecule has 1 aliphatic rings. The zero-order valence-electron chi connectivity index (χ0n) is 14.8. The molecule has 1 saturated heterocycles. The van der Waals surface area contributed by atoms with Gasteiger partial charge in [-0.1, -0.05) is 11.6 Å². The van der Waals surface area contributed by atoms with E-state index in [1.165, 1.54) is 0 Å². The van der Waals surface area contributed by atoms with Gasteiger partial charge in [0.15, 0.2) is 5.69 Å². The van der Waals surface area contributed by atoms with Gasteiger partial charge in [-0.3, -0.25) is 4.79 Å². The van der Waals surface area contributed by atoms with Gasteiger partial charge < -0.3 is 14.5 Å². The largest absolute Gasteiger partial charge is 0.475 e. The molecule has 0 radical (unpaired) electrons. The van der Waals surface area contributed by atoms with E-state index in [1.807, 2.05) is 43.0 Å². The third-order valence-electron chi connectivity index (χ3n) is 4.17. The highest BCUT2D eigenvalue weighted by Crippen LogP contribution is 2.21. The van der Waals surface area contributed by atoms with Crippen LogP contribution in [0.2, 0.25) is 5.02 Å². The lowest BCUT2D eigenvalue weighted by atomic mass is 10.2. The van der Waals surface area contributed by atoms with Crippen LogP contribution >= 0.6 is 11.6 Å². The van der Waals surface area contributed by atoms with Crippen LogP contribution in [0, 0.1) is 0 Å². The summed E-state index contributed by atoms with van der Waals surface area (Å²) in [5.41, 5.74) is 1.56. The molecule has 0 bridgehead atoms. The summed E-state index contributed by atoms with van der Waals surface area (Å²) in [7, 11) is 1.78. The molecule has 1 aromatic heterocycles. The van der Waals surface area contributed by atoms with Crippen molar-refractivity contribution in [1.82, 2.24) is 14.7 Å². The van der Waals surface area contributed by atoms with E-state index < -0.39 is 0 Å². The van der Waals surface area contributed by atoms with E-state index >= 15 is 0 Å². The van der Waals surface area contributed by atoms with E-state index in [4.69, 9.17) is 16.3 Å². The Balaban J connectivity index is 1.62. The van der Waals surface area contributed by atoms with Crippen LogP contribution in [-0.4, -0.2) is 52.9 Å². The van der Waals surface area contributed by atoms with Crippen molar-refractivity contribution in [3.05, 3.63) is 41.0 Å². The molecule has 0 unspecified atom stereocenters. The van der Waals surface area contributed by atoms with Gasteiger partial charge in [0.2, 0.25) is 5.88 Å².